The van der Waals surface area contributed by atoms with Crippen LogP contribution < -0.4 is 9.64 Å². The second-order valence-corrected chi connectivity index (χ2v) is 8.30. The van der Waals surface area contributed by atoms with Gasteiger partial charge >= 0.3 is 6.09 Å². The number of ether oxygens (including phenoxy) is 4. The van der Waals surface area contributed by atoms with Gasteiger partial charge in [-0.1, -0.05) is 36.4 Å². The molecule has 0 spiro atoms. The lowest BCUT2D eigenvalue weighted by Crippen LogP contribution is -2.34. The van der Waals surface area contributed by atoms with Gasteiger partial charge in [0.2, 0.25) is 0 Å². The average molecular weight is 460 g/mol. The maximum atomic E-state index is 12.2. The Morgan fingerprint density at radius 1 is 0.848 bits per heavy atom. The third-order valence-corrected chi connectivity index (χ3v) is 4.39. The van der Waals surface area contributed by atoms with Crippen molar-refractivity contribution in [2.75, 3.05) is 51.7 Å². The van der Waals surface area contributed by atoms with Crippen LogP contribution in [0.25, 0.3) is 12.2 Å². The van der Waals surface area contributed by atoms with Crippen LogP contribution in [0.4, 0.5) is 14.9 Å². The van der Waals surface area contributed by atoms with Crippen LogP contribution in [0.15, 0.2) is 48.5 Å². The SMILES string of the molecule is CN(C(=O)OC(C)(C)C)c1ccc(/C=C/c2ccc(OCCOCCOCCF)cc2)cc1. The van der Waals surface area contributed by atoms with Gasteiger partial charge in [0.25, 0.3) is 0 Å². The molecule has 2 aromatic rings. The Morgan fingerprint density at radius 3 is 1.91 bits per heavy atom. The number of alkyl halides is 1. The fourth-order valence-corrected chi connectivity index (χ4v) is 2.71. The Morgan fingerprint density at radius 2 is 1.36 bits per heavy atom. The molecule has 0 aliphatic heterocycles. The molecule has 0 fully saturated rings. The van der Waals surface area contributed by atoms with Crippen molar-refractivity contribution >= 4 is 23.9 Å². The number of hydrogen-bond donors (Lipinski definition) is 0. The quantitative estimate of drug-likeness (QED) is 0.305. The van der Waals surface area contributed by atoms with Crippen molar-refractivity contribution in [1.82, 2.24) is 0 Å². The lowest BCUT2D eigenvalue weighted by atomic mass is 10.1. The van der Waals surface area contributed by atoms with Crippen LogP contribution in [-0.4, -0.2) is 58.5 Å². The number of carbonyl (C=O) groups excluding carboxylic acids is 1. The van der Waals surface area contributed by atoms with Gasteiger partial charge in [0, 0.05) is 12.7 Å². The van der Waals surface area contributed by atoms with E-state index < -0.39 is 12.3 Å². The van der Waals surface area contributed by atoms with Gasteiger partial charge in [-0.3, -0.25) is 4.90 Å². The fraction of sp³-hybridized carbons (Fsp3) is 0.423. The van der Waals surface area contributed by atoms with E-state index in [-0.39, 0.29) is 12.7 Å². The Labute approximate surface area is 195 Å². The van der Waals surface area contributed by atoms with Gasteiger partial charge in [-0.25, -0.2) is 9.18 Å². The Kier molecular flexibility index (Phi) is 10.9. The van der Waals surface area contributed by atoms with E-state index in [1.807, 2.05) is 81.5 Å². The average Bonchev–Trinajstić information content (AvgIpc) is 2.79. The molecule has 2 rings (SSSR count). The molecule has 0 N–H and O–H groups in total. The van der Waals surface area contributed by atoms with E-state index in [9.17, 15) is 9.18 Å². The number of amides is 1. The summed E-state index contributed by atoms with van der Waals surface area (Å²) in [6.07, 6.45) is 3.63. The first-order chi connectivity index (χ1) is 15.8. The highest BCUT2D eigenvalue weighted by Crippen LogP contribution is 2.19. The molecule has 0 aliphatic rings. The molecule has 0 aromatic heterocycles. The normalized spacial score (nSPS) is 11.5. The van der Waals surface area contributed by atoms with Gasteiger partial charge in [-0.15, -0.1) is 0 Å². The molecule has 1 amide bonds. The van der Waals surface area contributed by atoms with Gasteiger partial charge in [-0.2, -0.15) is 0 Å². The highest BCUT2D eigenvalue weighted by atomic mass is 19.1. The first kappa shape index (κ1) is 26.4. The van der Waals surface area contributed by atoms with Crippen LogP contribution in [0.3, 0.4) is 0 Å². The zero-order chi connectivity index (χ0) is 24.1. The van der Waals surface area contributed by atoms with E-state index >= 15 is 0 Å². The molecule has 0 heterocycles. The first-order valence-electron chi connectivity index (χ1n) is 11.0. The standard InChI is InChI=1S/C26H34FNO5/c1-26(2,3)33-25(29)28(4)23-11-7-21(8-12-23)5-6-22-9-13-24(14-10-22)32-20-19-31-18-17-30-16-15-27/h5-14H,15-20H2,1-4H3/b6-5+. The number of nitrogens with zero attached hydrogens (tertiary/aromatic N) is 1. The van der Waals surface area contributed by atoms with Crippen LogP contribution in [0.5, 0.6) is 5.75 Å². The second-order valence-electron chi connectivity index (χ2n) is 8.30. The molecule has 0 radical (unpaired) electrons. The molecule has 180 valence electrons. The zero-order valence-corrected chi connectivity index (χ0v) is 19.9. The molecule has 7 heteroatoms. The van der Waals surface area contributed by atoms with Gasteiger partial charge in [0.1, 0.15) is 24.6 Å². The van der Waals surface area contributed by atoms with Crippen LogP contribution in [0.1, 0.15) is 31.9 Å². The van der Waals surface area contributed by atoms with E-state index in [0.717, 1.165) is 22.6 Å². The molecule has 2 aromatic carbocycles. The molecule has 0 unspecified atom stereocenters. The lowest BCUT2D eigenvalue weighted by Gasteiger charge is -2.24. The number of rotatable bonds is 12. The zero-order valence-electron chi connectivity index (χ0n) is 19.9. The van der Waals surface area contributed by atoms with E-state index in [2.05, 4.69) is 0 Å². The van der Waals surface area contributed by atoms with Crippen molar-refractivity contribution in [2.45, 2.75) is 26.4 Å². The van der Waals surface area contributed by atoms with Crippen LogP contribution >= 0.6 is 0 Å². The summed E-state index contributed by atoms with van der Waals surface area (Å²) in [5.41, 5.74) is 2.29. The summed E-state index contributed by atoms with van der Waals surface area (Å²) in [6.45, 7) is 6.84. The van der Waals surface area contributed by atoms with Gasteiger partial charge < -0.3 is 18.9 Å². The number of anilines is 1. The summed E-state index contributed by atoms with van der Waals surface area (Å²) >= 11 is 0. The number of hydrogen-bond acceptors (Lipinski definition) is 5. The molecule has 6 nitrogen and oxygen atoms in total. The highest BCUT2D eigenvalue weighted by Gasteiger charge is 2.20. The van der Waals surface area contributed by atoms with Crippen LogP contribution in [-0.2, 0) is 14.2 Å². The van der Waals surface area contributed by atoms with Crippen molar-refractivity contribution in [2.24, 2.45) is 0 Å². The largest absolute Gasteiger partial charge is 0.491 e. The Hall–Kier alpha value is -2.90. The Balaban J connectivity index is 1.77. The third kappa shape index (κ3) is 10.5. The predicted molar refractivity (Wildman–Crippen MR) is 130 cm³/mol. The van der Waals surface area contributed by atoms with Gasteiger partial charge in [0.15, 0.2) is 0 Å². The second kappa shape index (κ2) is 13.6. The van der Waals surface area contributed by atoms with E-state index in [4.69, 9.17) is 18.9 Å². The summed E-state index contributed by atoms with van der Waals surface area (Å²) in [4.78, 5) is 13.7. The maximum Gasteiger partial charge on any atom is 0.414 e. The number of carbonyl (C=O) groups is 1. The maximum absolute atomic E-state index is 12.2. The van der Waals surface area contributed by atoms with E-state index in [1.165, 1.54) is 4.90 Å². The lowest BCUT2D eigenvalue weighted by molar-refractivity contribution is 0.0325. The monoisotopic (exact) mass is 459 g/mol. The van der Waals surface area contributed by atoms with Crippen molar-refractivity contribution in [3.63, 3.8) is 0 Å². The van der Waals surface area contributed by atoms with Crippen LogP contribution in [0.2, 0.25) is 0 Å². The highest BCUT2D eigenvalue weighted by molar-refractivity contribution is 5.87. The van der Waals surface area contributed by atoms with E-state index in [1.54, 1.807) is 7.05 Å². The molecule has 33 heavy (non-hydrogen) atoms. The predicted octanol–water partition coefficient (Wildman–Crippen LogP) is 5.61. The third-order valence-electron chi connectivity index (χ3n) is 4.39. The fourth-order valence-electron chi connectivity index (χ4n) is 2.71. The summed E-state index contributed by atoms with van der Waals surface area (Å²) in [5, 5.41) is 0. The smallest absolute Gasteiger partial charge is 0.414 e. The number of halogens is 1. The minimum absolute atomic E-state index is 0.109. The topological polar surface area (TPSA) is 57.2 Å². The molecule has 0 atom stereocenters. The Bertz CT molecular complexity index is 860. The van der Waals surface area contributed by atoms with Crippen molar-refractivity contribution < 1.29 is 28.1 Å². The molecule has 0 aliphatic carbocycles. The molecule has 0 bridgehead atoms. The van der Waals surface area contributed by atoms with Crippen molar-refractivity contribution in [3.8, 4) is 5.75 Å². The number of benzene rings is 2. The van der Waals surface area contributed by atoms with Crippen molar-refractivity contribution in [1.29, 1.82) is 0 Å². The first-order valence-corrected chi connectivity index (χ1v) is 11.0. The minimum atomic E-state index is -0.533. The van der Waals surface area contributed by atoms with Gasteiger partial charge in [0.05, 0.1) is 26.4 Å². The molecular formula is C26H34FNO5. The van der Waals surface area contributed by atoms with Crippen molar-refractivity contribution in [3.05, 3.63) is 59.7 Å². The minimum Gasteiger partial charge on any atom is -0.491 e. The molecular weight excluding hydrogens is 425 g/mol. The summed E-state index contributed by atoms with van der Waals surface area (Å²) < 4.78 is 33.3. The summed E-state index contributed by atoms with van der Waals surface area (Å²) in [6, 6.07) is 15.4. The summed E-state index contributed by atoms with van der Waals surface area (Å²) in [5.74, 6) is 0.763. The molecule has 0 saturated carbocycles. The molecule has 0 saturated heterocycles. The van der Waals surface area contributed by atoms with E-state index in [0.29, 0.717) is 26.4 Å². The van der Waals surface area contributed by atoms with Gasteiger partial charge in [-0.05, 0) is 56.2 Å². The van der Waals surface area contributed by atoms with Crippen LogP contribution in [0, 0.1) is 0 Å². The summed E-state index contributed by atoms with van der Waals surface area (Å²) in [7, 11) is 1.69.